The molecule has 2 aromatic heterocycles. The van der Waals surface area contributed by atoms with Gasteiger partial charge in [-0.1, -0.05) is 0 Å². The molecule has 0 aliphatic heterocycles. The Morgan fingerprint density at radius 2 is 2.50 bits per heavy atom. The van der Waals surface area contributed by atoms with Gasteiger partial charge in [-0.15, -0.1) is 11.3 Å². The van der Waals surface area contributed by atoms with Crippen LogP contribution >= 0.6 is 11.3 Å². The molecule has 0 saturated carbocycles. The number of nitrogens with zero attached hydrogens (tertiary/aromatic N) is 2. The Morgan fingerprint density at radius 3 is 3.21 bits per heavy atom. The van der Waals surface area contributed by atoms with Crippen LogP contribution in [0, 0.1) is 0 Å². The van der Waals surface area contributed by atoms with Crippen LogP contribution < -0.4 is 5.32 Å². The fourth-order valence-corrected chi connectivity index (χ4v) is 1.99. The lowest BCUT2D eigenvalue weighted by Gasteiger charge is -2.06. The van der Waals surface area contributed by atoms with Gasteiger partial charge in [0.05, 0.1) is 17.7 Å². The highest BCUT2D eigenvalue weighted by molar-refractivity contribution is 7.07. The number of thiazole rings is 1. The molecule has 0 aromatic carbocycles. The van der Waals surface area contributed by atoms with Gasteiger partial charge >= 0.3 is 0 Å². The molecule has 0 radical (unpaired) electrons. The molecule has 3 nitrogen and oxygen atoms in total. The summed E-state index contributed by atoms with van der Waals surface area (Å²) in [5.41, 5.74) is 4.29. The standard InChI is InChI=1S/C10H13N3S/c1-11-5-10-3-2-4-13(10)6-9-7-14-8-12-9/h2-4,7-8,11H,5-6H2,1H3. The molecule has 0 amide bonds. The molecule has 2 aromatic rings. The Labute approximate surface area is 87.4 Å². The van der Waals surface area contributed by atoms with E-state index < -0.39 is 0 Å². The lowest BCUT2D eigenvalue weighted by atomic mass is 10.4. The third-order valence-electron chi connectivity index (χ3n) is 2.10. The molecular formula is C10H13N3S. The van der Waals surface area contributed by atoms with Gasteiger partial charge in [0.25, 0.3) is 0 Å². The van der Waals surface area contributed by atoms with Crippen LogP contribution in [-0.4, -0.2) is 16.6 Å². The molecule has 2 rings (SSSR count). The average Bonchev–Trinajstić information content (AvgIpc) is 2.80. The first-order valence-electron chi connectivity index (χ1n) is 4.56. The van der Waals surface area contributed by atoms with E-state index in [1.54, 1.807) is 11.3 Å². The Morgan fingerprint density at radius 1 is 1.57 bits per heavy atom. The van der Waals surface area contributed by atoms with E-state index >= 15 is 0 Å². The number of hydrogen-bond acceptors (Lipinski definition) is 3. The summed E-state index contributed by atoms with van der Waals surface area (Å²) in [7, 11) is 1.96. The van der Waals surface area contributed by atoms with Gasteiger partial charge in [-0.05, 0) is 19.2 Å². The molecular weight excluding hydrogens is 194 g/mol. The maximum Gasteiger partial charge on any atom is 0.0795 e. The van der Waals surface area contributed by atoms with E-state index in [0.717, 1.165) is 18.8 Å². The maximum absolute atomic E-state index is 4.27. The zero-order valence-corrected chi connectivity index (χ0v) is 8.92. The molecule has 0 fully saturated rings. The number of aromatic nitrogens is 2. The van der Waals surface area contributed by atoms with Crippen LogP contribution in [0.1, 0.15) is 11.4 Å². The van der Waals surface area contributed by atoms with Crippen molar-refractivity contribution in [1.29, 1.82) is 0 Å². The van der Waals surface area contributed by atoms with Crippen molar-refractivity contribution in [1.82, 2.24) is 14.9 Å². The lowest BCUT2D eigenvalue weighted by molar-refractivity contribution is 0.687. The third kappa shape index (κ3) is 2.02. The molecule has 74 valence electrons. The molecule has 14 heavy (non-hydrogen) atoms. The van der Waals surface area contributed by atoms with E-state index in [2.05, 4.69) is 38.6 Å². The Kier molecular flexibility index (Phi) is 2.96. The molecule has 1 N–H and O–H groups in total. The van der Waals surface area contributed by atoms with Gasteiger partial charge in [-0.3, -0.25) is 0 Å². The molecule has 2 heterocycles. The van der Waals surface area contributed by atoms with Crippen molar-refractivity contribution < 1.29 is 0 Å². The Balaban J connectivity index is 2.12. The number of rotatable bonds is 4. The fourth-order valence-electron chi connectivity index (χ4n) is 1.44. The smallest absolute Gasteiger partial charge is 0.0795 e. The van der Waals surface area contributed by atoms with Gasteiger partial charge in [0.15, 0.2) is 0 Å². The van der Waals surface area contributed by atoms with Crippen LogP contribution in [0.5, 0.6) is 0 Å². The van der Waals surface area contributed by atoms with Crippen LogP contribution in [0.4, 0.5) is 0 Å². The summed E-state index contributed by atoms with van der Waals surface area (Å²) in [5, 5.41) is 5.24. The second-order valence-corrected chi connectivity index (χ2v) is 3.86. The van der Waals surface area contributed by atoms with Gasteiger partial charge in [0, 0.05) is 23.8 Å². The van der Waals surface area contributed by atoms with E-state index in [-0.39, 0.29) is 0 Å². The third-order valence-corrected chi connectivity index (χ3v) is 2.73. The topological polar surface area (TPSA) is 29.9 Å². The van der Waals surface area contributed by atoms with Crippen molar-refractivity contribution in [3.8, 4) is 0 Å². The zero-order valence-electron chi connectivity index (χ0n) is 8.10. The second kappa shape index (κ2) is 4.39. The van der Waals surface area contributed by atoms with Gasteiger partial charge in [0.1, 0.15) is 0 Å². The van der Waals surface area contributed by atoms with Crippen LogP contribution in [-0.2, 0) is 13.1 Å². The summed E-state index contributed by atoms with van der Waals surface area (Å²) in [6.07, 6.45) is 2.09. The minimum Gasteiger partial charge on any atom is -0.344 e. The summed E-state index contributed by atoms with van der Waals surface area (Å²) in [6, 6.07) is 4.20. The lowest BCUT2D eigenvalue weighted by Crippen LogP contribution is -2.11. The van der Waals surface area contributed by atoms with E-state index in [4.69, 9.17) is 0 Å². The highest BCUT2D eigenvalue weighted by atomic mass is 32.1. The van der Waals surface area contributed by atoms with Crippen LogP contribution in [0.25, 0.3) is 0 Å². The van der Waals surface area contributed by atoms with Gasteiger partial charge in [-0.2, -0.15) is 0 Å². The normalized spacial score (nSPS) is 10.6. The van der Waals surface area contributed by atoms with E-state index in [0.29, 0.717) is 0 Å². The van der Waals surface area contributed by atoms with Crippen LogP contribution in [0.2, 0.25) is 0 Å². The highest BCUT2D eigenvalue weighted by Crippen LogP contribution is 2.07. The molecule has 4 heteroatoms. The molecule has 0 atom stereocenters. The Hall–Kier alpha value is -1.13. The molecule has 0 bridgehead atoms. The molecule has 0 saturated heterocycles. The van der Waals surface area contributed by atoms with Crippen LogP contribution in [0.3, 0.4) is 0 Å². The van der Waals surface area contributed by atoms with Crippen molar-refractivity contribution in [2.45, 2.75) is 13.1 Å². The average molecular weight is 207 g/mol. The number of hydrogen-bond donors (Lipinski definition) is 1. The van der Waals surface area contributed by atoms with E-state index in [9.17, 15) is 0 Å². The molecule has 0 aliphatic rings. The van der Waals surface area contributed by atoms with E-state index in [1.807, 2.05) is 12.6 Å². The first-order chi connectivity index (χ1) is 6.90. The molecule has 0 spiro atoms. The van der Waals surface area contributed by atoms with Crippen molar-refractivity contribution in [3.63, 3.8) is 0 Å². The summed E-state index contributed by atoms with van der Waals surface area (Å²) in [4.78, 5) is 4.27. The summed E-state index contributed by atoms with van der Waals surface area (Å²) >= 11 is 1.64. The summed E-state index contributed by atoms with van der Waals surface area (Å²) in [5.74, 6) is 0. The molecule has 0 unspecified atom stereocenters. The molecule has 0 aliphatic carbocycles. The van der Waals surface area contributed by atoms with E-state index in [1.165, 1.54) is 5.69 Å². The Bertz CT molecular complexity index is 378. The maximum atomic E-state index is 4.27. The largest absolute Gasteiger partial charge is 0.344 e. The van der Waals surface area contributed by atoms with Crippen molar-refractivity contribution in [2.24, 2.45) is 0 Å². The van der Waals surface area contributed by atoms with Crippen LogP contribution in [0.15, 0.2) is 29.2 Å². The van der Waals surface area contributed by atoms with Gasteiger partial charge in [0.2, 0.25) is 0 Å². The van der Waals surface area contributed by atoms with Gasteiger partial charge < -0.3 is 9.88 Å². The number of nitrogens with one attached hydrogen (secondary N) is 1. The fraction of sp³-hybridized carbons (Fsp3) is 0.300. The summed E-state index contributed by atoms with van der Waals surface area (Å²) in [6.45, 7) is 1.77. The monoisotopic (exact) mass is 207 g/mol. The minimum absolute atomic E-state index is 0.869. The first kappa shape index (κ1) is 9.43. The summed E-state index contributed by atoms with van der Waals surface area (Å²) < 4.78 is 2.21. The highest BCUT2D eigenvalue weighted by Gasteiger charge is 2.01. The predicted molar refractivity (Wildman–Crippen MR) is 58.4 cm³/mol. The predicted octanol–water partition coefficient (Wildman–Crippen LogP) is 1.71. The quantitative estimate of drug-likeness (QED) is 0.827. The van der Waals surface area contributed by atoms with Gasteiger partial charge in [-0.25, -0.2) is 4.98 Å². The van der Waals surface area contributed by atoms with Crippen molar-refractivity contribution >= 4 is 11.3 Å². The minimum atomic E-state index is 0.869. The van der Waals surface area contributed by atoms with Crippen molar-refractivity contribution in [2.75, 3.05) is 7.05 Å². The SMILES string of the molecule is CNCc1cccn1Cc1cscn1. The zero-order chi connectivity index (χ0) is 9.80. The first-order valence-corrected chi connectivity index (χ1v) is 5.50. The van der Waals surface area contributed by atoms with Crippen molar-refractivity contribution in [3.05, 3.63) is 40.6 Å². The second-order valence-electron chi connectivity index (χ2n) is 3.14.